The molecule has 0 saturated carbocycles. The van der Waals surface area contributed by atoms with Gasteiger partial charge in [-0.05, 0) is 43.7 Å². The minimum absolute atomic E-state index is 0.0862. The second-order valence-corrected chi connectivity index (χ2v) is 7.93. The zero-order valence-electron chi connectivity index (χ0n) is 16.7. The molecule has 0 aliphatic rings. The van der Waals surface area contributed by atoms with E-state index < -0.39 is 0 Å². The van der Waals surface area contributed by atoms with Gasteiger partial charge in [0.05, 0.1) is 17.4 Å². The van der Waals surface area contributed by atoms with Crippen molar-refractivity contribution in [2.45, 2.75) is 30.5 Å². The Labute approximate surface area is 180 Å². The van der Waals surface area contributed by atoms with Crippen LogP contribution in [0.1, 0.15) is 19.4 Å². The van der Waals surface area contributed by atoms with E-state index in [1.165, 1.54) is 18.9 Å². The van der Waals surface area contributed by atoms with Crippen LogP contribution in [0.2, 0.25) is 5.02 Å². The fraction of sp³-hybridized carbons (Fsp3) is 0.333. The van der Waals surface area contributed by atoms with Crippen LogP contribution in [-0.4, -0.2) is 37.3 Å². The highest BCUT2D eigenvalue weighted by atomic mass is 35.5. The summed E-state index contributed by atoms with van der Waals surface area (Å²) in [4.78, 5) is 24.8. The quantitative estimate of drug-likeness (QED) is 0.556. The molecule has 2 aromatic rings. The van der Waals surface area contributed by atoms with Gasteiger partial charge in [0, 0.05) is 18.0 Å². The number of thioether (sulfide) groups is 1. The summed E-state index contributed by atoms with van der Waals surface area (Å²) in [6, 6.07) is 12.8. The summed E-state index contributed by atoms with van der Waals surface area (Å²) in [5, 5.41) is 5.91. The van der Waals surface area contributed by atoms with Crippen LogP contribution in [0.5, 0.6) is 11.5 Å². The average molecular weight is 437 g/mol. The molecule has 2 amide bonds. The van der Waals surface area contributed by atoms with Gasteiger partial charge in [-0.3, -0.25) is 9.59 Å². The first-order chi connectivity index (χ1) is 13.9. The molecular weight excluding hydrogens is 412 g/mol. The molecule has 156 valence electrons. The van der Waals surface area contributed by atoms with E-state index in [9.17, 15) is 9.59 Å². The molecule has 0 aromatic heterocycles. The molecule has 0 bridgehead atoms. The monoisotopic (exact) mass is 436 g/mol. The highest BCUT2D eigenvalue weighted by molar-refractivity contribution is 8.00. The number of hydrogen-bond donors (Lipinski definition) is 2. The Bertz CT molecular complexity index is 847. The molecule has 0 fully saturated rings. The van der Waals surface area contributed by atoms with Gasteiger partial charge >= 0.3 is 0 Å². The van der Waals surface area contributed by atoms with Crippen molar-refractivity contribution < 1.29 is 19.1 Å². The molecule has 1 unspecified atom stereocenters. The minimum atomic E-state index is -0.295. The molecule has 2 rings (SSSR count). The molecule has 0 saturated heterocycles. The van der Waals surface area contributed by atoms with Crippen LogP contribution in [0, 0.1) is 0 Å². The predicted molar refractivity (Wildman–Crippen MR) is 116 cm³/mol. The smallest absolute Gasteiger partial charge is 0.257 e. The second kappa shape index (κ2) is 11.6. The molecule has 0 aliphatic heterocycles. The first-order valence-corrected chi connectivity index (χ1v) is 10.5. The molecule has 0 aliphatic carbocycles. The van der Waals surface area contributed by atoms with E-state index in [1.54, 1.807) is 18.2 Å². The lowest BCUT2D eigenvalue weighted by atomic mass is 10.2. The number of ether oxygens (including phenoxy) is 2. The van der Waals surface area contributed by atoms with Gasteiger partial charge in [0.25, 0.3) is 5.91 Å². The van der Waals surface area contributed by atoms with E-state index >= 15 is 0 Å². The molecule has 0 heterocycles. The average Bonchev–Trinajstić information content (AvgIpc) is 2.72. The first-order valence-electron chi connectivity index (χ1n) is 9.19. The largest absolute Gasteiger partial charge is 0.493 e. The van der Waals surface area contributed by atoms with Crippen molar-refractivity contribution in [2.24, 2.45) is 0 Å². The van der Waals surface area contributed by atoms with Crippen molar-refractivity contribution in [2.75, 3.05) is 20.3 Å². The van der Waals surface area contributed by atoms with E-state index in [4.69, 9.17) is 21.1 Å². The number of rotatable bonds is 10. The molecular formula is C21H25ClN2O4S. The molecule has 29 heavy (non-hydrogen) atoms. The van der Waals surface area contributed by atoms with Gasteiger partial charge in [-0.1, -0.05) is 29.8 Å². The Hall–Kier alpha value is -2.38. The standard InChI is InChI=1S/C21H25ClN2O4S/c1-4-23-20(25)13-28-17-10-9-15(11-18(17)27-3)12-24-21(26)14(2)29-19-8-6-5-7-16(19)22/h5-11,14H,4,12-13H2,1-3H3,(H,23,25)(H,24,26). The third-order valence-corrected chi connectivity index (χ3v) is 5.56. The van der Waals surface area contributed by atoms with E-state index in [0.717, 1.165) is 10.5 Å². The van der Waals surface area contributed by atoms with E-state index in [1.807, 2.05) is 38.1 Å². The maximum Gasteiger partial charge on any atom is 0.257 e. The van der Waals surface area contributed by atoms with Crippen LogP contribution in [0.25, 0.3) is 0 Å². The van der Waals surface area contributed by atoms with Gasteiger partial charge in [0.1, 0.15) is 0 Å². The summed E-state index contributed by atoms with van der Waals surface area (Å²) in [5.74, 6) is 0.678. The number of carbonyl (C=O) groups excluding carboxylic acids is 2. The fourth-order valence-corrected chi connectivity index (χ4v) is 3.63. The maximum absolute atomic E-state index is 12.4. The zero-order chi connectivity index (χ0) is 21.2. The molecule has 8 heteroatoms. The topological polar surface area (TPSA) is 76.7 Å². The zero-order valence-corrected chi connectivity index (χ0v) is 18.2. The highest BCUT2D eigenvalue weighted by Gasteiger charge is 2.16. The Morgan fingerprint density at radius 3 is 2.59 bits per heavy atom. The lowest BCUT2D eigenvalue weighted by Gasteiger charge is -2.14. The number of amides is 2. The number of hydrogen-bond acceptors (Lipinski definition) is 5. The number of nitrogens with one attached hydrogen (secondary N) is 2. The summed E-state index contributed by atoms with van der Waals surface area (Å²) in [6.45, 7) is 4.49. The number of likely N-dealkylation sites (N-methyl/N-ethyl adjacent to an activating group) is 1. The molecule has 0 spiro atoms. The summed E-state index contributed by atoms with van der Waals surface area (Å²) in [5.41, 5.74) is 0.857. The lowest BCUT2D eigenvalue weighted by Crippen LogP contribution is -2.30. The van der Waals surface area contributed by atoms with Crippen molar-refractivity contribution in [3.63, 3.8) is 0 Å². The van der Waals surface area contributed by atoms with Crippen molar-refractivity contribution in [1.29, 1.82) is 0 Å². The molecule has 2 aromatic carbocycles. The van der Waals surface area contributed by atoms with Crippen molar-refractivity contribution in [3.05, 3.63) is 53.1 Å². The maximum atomic E-state index is 12.4. The lowest BCUT2D eigenvalue weighted by molar-refractivity contribution is -0.123. The Kier molecular flexibility index (Phi) is 9.15. The van der Waals surface area contributed by atoms with E-state index in [0.29, 0.717) is 29.6 Å². The van der Waals surface area contributed by atoms with Crippen molar-refractivity contribution in [3.8, 4) is 11.5 Å². The van der Waals surface area contributed by atoms with Crippen LogP contribution in [0.3, 0.4) is 0 Å². The van der Waals surface area contributed by atoms with Crippen molar-refractivity contribution in [1.82, 2.24) is 10.6 Å². The van der Waals surface area contributed by atoms with E-state index in [2.05, 4.69) is 10.6 Å². The van der Waals surface area contributed by atoms with Crippen LogP contribution in [0.15, 0.2) is 47.4 Å². The molecule has 6 nitrogen and oxygen atoms in total. The van der Waals surface area contributed by atoms with Crippen LogP contribution in [-0.2, 0) is 16.1 Å². The number of carbonyl (C=O) groups is 2. The predicted octanol–water partition coefficient (Wildman–Crippen LogP) is 3.66. The second-order valence-electron chi connectivity index (χ2n) is 6.14. The normalized spacial score (nSPS) is 11.4. The fourth-order valence-electron chi connectivity index (χ4n) is 2.45. The third-order valence-electron chi connectivity index (χ3n) is 3.94. The molecule has 2 N–H and O–H groups in total. The SMILES string of the molecule is CCNC(=O)COc1ccc(CNC(=O)C(C)Sc2ccccc2Cl)cc1OC. The Morgan fingerprint density at radius 2 is 1.90 bits per heavy atom. The van der Waals surface area contributed by atoms with Gasteiger partial charge in [0.2, 0.25) is 5.91 Å². The third kappa shape index (κ3) is 7.18. The van der Waals surface area contributed by atoms with Gasteiger partial charge in [0.15, 0.2) is 18.1 Å². The molecule has 1 atom stereocenters. The van der Waals surface area contributed by atoms with Gasteiger partial charge in [-0.25, -0.2) is 0 Å². The Morgan fingerprint density at radius 1 is 1.14 bits per heavy atom. The minimum Gasteiger partial charge on any atom is -0.493 e. The van der Waals surface area contributed by atoms with Gasteiger partial charge in [-0.15, -0.1) is 11.8 Å². The van der Waals surface area contributed by atoms with Crippen LogP contribution >= 0.6 is 23.4 Å². The first kappa shape index (κ1) is 22.9. The van der Waals surface area contributed by atoms with Crippen LogP contribution in [0.4, 0.5) is 0 Å². The van der Waals surface area contributed by atoms with E-state index in [-0.39, 0.29) is 23.7 Å². The number of methoxy groups -OCH3 is 1. The summed E-state index contributed by atoms with van der Waals surface area (Å²) >= 11 is 7.56. The van der Waals surface area contributed by atoms with Crippen LogP contribution < -0.4 is 20.1 Å². The number of halogens is 1. The Balaban J connectivity index is 1.91. The molecule has 0 radical (unpaired) electrons. The summed E-state index contributed by atoms with van der Waals surface area (Å²) in [6.07, 6.45) is 0. The highest BCUT2D eigenvalue weighted by Crippen LogP contribution is 2.30. The number of benzene rings is 2. The van der Waals surface area contributed by atoms with Gasteiger partial charge < -0.3 is 20.1 Å². The summed E-state index contributed by atoms with van der Waals surface area (Å²) in [7, 11) is 1.53. The van der Waals surface area contributed by atoms with Gasteiger partial charge in [-0.2, -0.15) is 0 Å². The van der Waals surface area contributed by atoms with Crippen molar-refractivity contribution >= 4 is 35.2 Å². The summed E-state index contributed by atoms with van der Waals surface area (Å²) < 4.78 is 10.8.